The Morgan fingerprint density at radius 3 is 2.55 bits per heavy atom. The summed E-state index contributed by atoms with van der Waals surface area (Å²) in [6.45, 7) is 7.63. The van der Waals surface area contributed by atoms with Crippen molar-refractivity contribution in [2.45, 2.75) is 65.4 Å². The van der Waals surface area contributed by atoms with Gasteiger partial charge >= 0.3 is 12.1 Å². The third-order valence-electron chi connectivity index (χ3n) is 5.12. The molecule has 180 valence electrons. The van der Waals surface area contributed by atoms with Crippen molar-refractivity contribution in [1.82, 2.24) is 10.3 Å². The lowest BCUT2D eigenvalue weighted by atomic mass is 9.99. The van der Waals surface area contributed by atoms with Gasteiger partial charge in [-0.25, -0.2) is 4.79 Å². The fourth-order valence-electron chi connectivity index (χ4n) is 3.35. The van der Waals surface area contributed by atoms with E-state index in [1.807, 2.05) is 6.92 Å². The third kappa shape index (κ3) is 8.25. The van der Waals surface area contributed by atoms with E-state index in [-0.39, 0.29) is 17.7 Å². The third-order valence-corrected chi connectivity index (χ3v) is 5.12. The van der Waals surface area contributed by atoms with E-state index in [4.69, 9.17) is 15.6 Å². The van der Waals surface area contributed by atoms with Crippen LogP contribution in [0.3, 0.4) is 0 Å². The number of aromatic amines is 1. The van der Waals surface area contributed by atoms with Gasteiger partial charge in [-0.15, -0.1) is 0 Å². The van der Waals surface area contributed by atoms with Crippen molar-refractivity contribution in [2.75, 3.05) is 6.54 Å². The number of rotatable bonds is 10. The molecule has 0 spiro atoms. The highest BCUT2D eigenvalue weighted by Crippen LogP contribution is 2.18. The van der Waals surface area contributed by atoms with E-state index in [1.54, 1.807) is 45.0 Å². The highest BCUT2D eigenvalue weighted by atomic mass is 16.6. The summed E-state index contributed by atoms with van der Waals surface area (Å²) < 4.78 is 5.15. The van der Waals surface area contributed by atoms with Gasteiger partial charge < -0.3 is 25.9 Å². The number of carbonyl (C=O) groups is 3. The number of amides is 2. The van der Waals surface area contributed by atoms with E-state index in [9.17, 15) is 14.4 Å². The summed E-state index contributed by atoms with van der Waals surface area (Å²) in [4.78, 5) is 42.2. The van der Waals surface area contributed by atoms with Crippen LogP contribution in [0, 0.1) is 5.92 Å². The van der Waals surface area contributed by atoms with Crippen molar-refractivity contribution in [1.29, 1.82) is 0 Å². The number of aromatic nitrogens is 1. The number of hydrogen-bond donors (Lipinski definition) is 4. The van der Waals surface area contributed by atoms with Gasteiger partial charge in [0.1, 0.15) is 17.1 Å². The predicted molar refractivity (Wildman–Crippen MR) is 127 cm³/mol. The molecule has 0 aliphatic carbocycles. The molecule has 2 amide bonds. The smallest absolute Gasteiger partial charge is 0.436 e. The molecule has 1 unspecified atom stereocenters. The Balaban J connectivity index is 1.91. The Bertz CT molecular complexity index is 1020. The van der Waals surface area contributed by atoms with Crippen molar-refractivity contribution < 1.29 is 24.2 Å². The first kappa shape index (κ1) is 25.9. The number of nitrogens with two attached hydrogens (primary N) is 1. The van der Waals surface area contributed by atoms with Crippen LogP contribution in [0.1, 0.15) is 75.9 Å². The molecule has 1 aromatic heterocycles. The van der Waals surface area contributed by atoms with E-state index in [0.717, 1.165) is 30.2 Å². The number of carbonyl (C=O) groups excluding carboxylic acids is 2. The molecule has 0 saturated carbocycles. The monoisotopic (exact) mass is 458 g/mol. The first-order valence-corrected chi connectivity index (χ1v) is 11.2. The molecule has 1 aromatic carbocycles. The number of carboxylic acid groups (broad SMARTS) is 1. The Morgan fingerprint density at radius 1 is 1.18 bits per heavy atom. The molecule has 2 aromatic rings. The van der Waals surface area contributed by atoms with E-state index in [2.05, 4.69) is 15.3 Å². The molecule has 0 radical (unpaired) electrons. The molecule has 0 fully saturated rings. The van der Waals surface area contributed by atoms with Crippen LogP contribution in [0.15, 0.2) is 29.3 Å². The van der Waals surface area contributed by atoms with Gasteiger partial charge in [-0.1, -0.05) is 19.8 Å². The number of benzene rings is 1. The second kappa shape index (κ2) is 11.5. The van der Waals surface area contributed by atoms with Gasteiger partial charge in [-0.2, -0.15) is 4.99 Å². The molecule has 1 heterocycles. The summed E-state index contributed by atoms with van der Waals surface area (Å²) in [5.74, 6) is -1.23. The molecule has 33 heavy (non-hydrogen) atoms. The summed E-state index contributed by atoms with van der Waals surface area (Å²) in [5.41, 5.74) is 7.01. The first-order chi connectivity index (χ1) is 15.5. The standard InChI is InChI=1S/C24H34N4O5/c1-5-15(22(30)31)9-7-6-8-12-26-21(29)19-14-17-13-16(10-11-18(17)27-19)20(25)28-23(32)33-24(2,3)4/h10-11,13-15,27H,5-9,12H2,1-4H3,(H,26,29)(H,30,31)(H2,25,28,32). The Kier molecular flexibility index (Phi) is 9.02. The van der Waals surface area contributed by atoms with E-state index < -0.39 is 17.7 Å². The molecule has 0 aliphatic rings. The molecule has 9 heteroatoms. The average molecular weight is 459 g/mol. The molecule has 1 atom stereocenters. The van der Waals surface area contributed by atoms with E-state index in [0.29, 0.717) is 30.6 Å². The number of H-pyrrole nitrogens is 1. The lowest BCUT2D eigenvalue weighted by Crippen LogP contribution is -2.24. The van der Waals surface area contributed by atoms with Crippen molar-refractivity contribution in [3.05, 3.63) is 35.5 Å². The summed E-state index contributed by atoms with van der Waals surface area (Å²) in [6, 6.07) is 6.95. The maximum atomic E-state index is 12.5. The van der Waals surface area contributed by atoms with Crippen molar-refractivity contribution in [3.63, 3.8) is 0 Å². The minimum atomic E-state index is -0.762. The summed E-state index contributed by atoms with van der Waals surface area (Å²) >= 11 is 0. The fraction of sp³-hybridized carbons (Fsp3) is 0.500. The van der Waals surface area contributed by atoms with Crippen LogP contribution in [0.5, 0.6) is 0 Å². The zero-order valence-electron chi connectivity index (χ0n) is 19.7. The molecule has 0 aliphatic heterocycles. The quantitative estimate of drug-likeness (QED) is 0.238. The Labute approximate surface area is 193 Å². The minimum Gasteiger partial charge on any atom is -0.481 e. The van der Waals surface area contributed by atoms with Gasteiger partial charge in [0.15, 0.2) is 0 Å². The number of hydrogen-bond acceptors (Lipinski definition) is 4. The molecular formula is C24H34N4O5. The molecule has 0 bridgehead atoms. The van der Waals surface area contributed by atoms with Crippen LogP contribution >= 0.6 is 0 Å². The second-order valence-electron chi connectivity index (χ2n) is 9.01. The van der Waals surface area contributed by atoms with Crippen molar-refractivity contribution in [2.24, 2.45) is 16.6 Å². The summed E-state index contributed by atoms with van der Waals surface area (Å²) in [6.07, 6.45) is 2.99. The molecule has 0 saturated heterocycles. The van der Waals surface area contributed by atoms with Crippen LogP contribution in [-0.4, -0.2) is 46.0 Å². The maximum Gasteiger partial charge on any atom is 0.436 e. The van der Waals surface area contributed by atoms with Crippen LogP contribution in [0.25, 0.3) is 10.9 Å². The number of nitrogens with one attached hydrogen (secondary N) is 2. The van der Waals surface area contributed by atoms with Crippen LogP contribution in [0.2, 0.25) is 0 Å². The van der Waals surface area contributed by atoms with Crippen LogP contribution in [-0.2, 0) is 9.53 Å². The van der Waals surface area contributed by atoms with E-state index >= 15 is 0 Å². The summed E-state index contributed by atoms with van der Waals surface area (Å²) in [5, 5.41) is 12.7. The lowest BCUT2D eigenvalue weighted by molar-refractivity contribution is -0.142. The van der Waals surface area contributed by atoms with Crippen molar-refractivity contribution >= 4 is 34.7 Å². The first-order valence-electron chi connectivity index (χ1n) is 11.2. The van der Waals surface area contributed by atoms with Crippen LogP contribution in [0.4, 0.5) is 4.79 Å². The van der Waals surface area contributed by atoms with E-state index in [1.165, 1.54) is 0 Å². The summed E-state index contributed by atoms with van der Waals surface area (Å²) in [7, 11) is 0. The number of carboxylic acids is 1. The Morgan fingerprint density at radius 2 is 1.91 bits per heavy atom. The zero-order valence-corrected chi connectivity index (χ0v) is 19.7. The van der Waals surface area contributed by atoms with Gasteiger partial charge in [-0.05, 0) is 64.3 Å². The molecular weight excluding hydrogens is 424 g/mol. The number of nitrogens with zero attached hydrogens (tertiary/aromatic N) is 1. The van der Waals surface area contributed by atoms with Gasteiger partial charge in [-0.3, -0.25) is 9.59 Å². The Hall–Kier alpha value is -3.36. The lowest BCUT2D eigenvalue weighted by Gasteiger charge is -2.17. The number of fused-ring (bicyclic) bond motifs is 1. The molecule has 9 nitrogen and oxygen atoms in total. The van der Waals surface area contributed by atoms with Gasteiger partial charge in [0, 0.05) is 23.0 Å². The number of unbranched alkanes of at least 4 members (excludes halogenated alkanes) is 2. The number of aliphatic imine (C=N–C) groups is 1. The van der Waals surface area contributed by atoms with Crippen molar-refractivity contribution in [3.8, 4) is 0 Å². The average Bonchev–Trinajstić information content (AvgIpc) is 3.14. The SMILES string of the molecule is CCC(CCCCCNC(=O)c1cc2cc(/C(N)=N\C(=O)OC(C)(C)C)ccc2[nH]1)C(=O)O. The molecule has 2 rings (SSSR count). The largest absolute Gasteiger partial charge is 0.481 e. The maximum absolute atomic E-state index is 12.5. The van der Waals surface area contributed by atoms with Crippen LogP contribution < -0.4 is 11.1 Å². The fourth-order valence-corrected chi connectivity index (χ4v) is 3.35. The van der Waals surface area contributed by atoms with Gasteiger partial charge in [0.05, 0.1) is 5.92 Å². The highest BCUT2D eigenvalue weighted by molar-refractivity contribution is 6.06. The number of aliphatic carboxylic acids is 1. The predicted octanol–water partition coefficient (Wildman–Crippen LogP) is 4.21. The topological polar surface area (TPSA) is 147 Å². The normalized spacial score (nSPS) is 13.0. The molecule has 5 N–H and O–H groups in total. The van der Waals surface area contributed by atoms with Gasteiger partial charge in [0.2, 0.25) is 0 Å². The highest BCUT2D eigenvalue weighted by Gasteiger charge is 2.17. The minimum absolute atomic E-state index is 0.0339. The van der Waals surface area contributed by atoms with Gasteiger partial charge in [0.25, 0.3) is 5.91 Å². The second-order valence-corrected chi connectivity index (χ2v) is 9.01. The number of amidine groups is 1. The number of ether oxygens (including phenoxy) is 1. The zero-order chi connectivity index (χ0) is 24.6.